The molecular weight excluding hydrogens is 292 g/mol. The van der Waals surface area contributed by atoms with Crippen molar-refractivity contribution in [3.63, 3.8) is 0 Å². The smallest absolute Gasteiger partial charge is 0.244 e. The number of likely N-dealkylation sites (tertiary alicyclic amines) is 1. The lowest BCUT2D eigenvalue weighted by atomic mass is 9.93. The van der Waals surface area contributed by atoms with Gasteiger partial charge in [0.2, 0.25) is 5.91 Å². The van der Waals surface area contributed by atoms with Gasteiger partial charge in [-0.25, -0.2) is 0 Å². The lowest BCUT2D eigenvalue weighted by molar-refractivity contribution is -0.125. The number of nitrogens with zero attached hydrogens (tertiary/aromatic N) is 3. The topological polar surface area (TPSA) is 59.4 Å². The molecule has 1 fully saturated rings. The van der Waals surface area contributed by atoms with Gasteiger partial charge in [0.1, 0.15) is 6.04 Å². The summed E-state index contributed by atoms with van der Waals surface area (Å²) in [5, 5.41) is 7.35. The van der Waals surface area contributed by atoms with E-state index in [4.69, 9.17) is 4.74 Å². The van der Waals surface area contributed by atoms with Crippen LogP contribution < -0.4 is 5.32 Å². The molecule has 0 spiro atoms. The summed E-state index contributed by atoms with van der Waals surface area (Å²) in [4.78, 5) is 14.9. The second-order valence-electron chi connectivity index (χ2n) is 6.39. The summed E-state index contributed by atoms with van der Waals surface area (Å²) in [6, 6.07) is 1.83. The molecule has 0 unspecified atom stereocenters. The van der Waals surface area contributed by atoms with Gasteiger partial charge in [-0.1, -0.05) is 6.92 Å². The van der Waals surface area contributed by atoms with Crippen molar-refractivity contribution in [2.24, 2.45) is 5.92 Å². The Kier molecular flexibility index (Phi) is 7.05. The Morgan fingerprint density at radius 3 is 3.00 bits per heavy atom. The third kappa shape index (κ3) is 5.32. The number of nitrogens with one attached hydrogen (secondary N) is 1. The zero-order chi connectivity index (χ0) is 16.7. The van der Waals surface area contributed by atoms with E-state index < -0.39 is 0 Å². The van der Waals surface area contributed by atoms with Gasteiger partial charge in [-0.15, -0.1) is 0 Å². The summed E-state index contributed by atoms with van der Waals surface area (Å²) in [6.45, 7) is 10.9. The van der Waals surface area contributed by atoms with Gasteiger partial charge in [0.05, 0.1) is 0 Å². The van der Waals surface area contributed by atoms with Crippen molar-refractivity contribution in [2.45, 2.75) is 45.7 Å². The lowest BCUT2D eigenvalue weighted by Gasteiger charge is -2.37. The molecule has 0 aliphatic carbocycles. The fourth-order valence-corrected chi connectivity index (χ4v) is 3.12. The molecule has 0 bridgehead atoms. The van der Waals surface area contributed by atoms with Crippen LogP contribution in [0.15, 0.2) is 18.5 Å². The highest BCUT2D eigenvalue weighted by Crippen LogP contribution is 2.18. The molecule has 3 atom stereocenters. The molecule has 1 aliphatic heterocycles. The molecule has 1 amide bonds. The summed E-state index contributed by atoms with van der Waals surface area (Å²) < 4.78 is 7.09. The predicted molar refractivity (Wildman–Crippen MR) is 90.2 cm³/mol. The molecule has 0 aromatic carbocycles. The van der Waals surface area contributed by atoms with Crippen LogP contribution in [0.2, 0.25) is 0 Å². The third-order valence-electron chi connectivity index (χ3n) is 4.59. The monoisotopic (exact) mass is 322 g/mol. The van der Waals surface area contributed by atoms with Crippen LogP contribution in [0.25, 0.3) is 0 Å². The van der Waals surface area contributed by atoms with Crippen molar-refractivity contribution in [3.05, 3.63) is 18.5 Å². The van der Waals surface area contributed by atoms with Crippen LogP contribution in [-0.2, 0) is 9.53 Å². The van der Waals surface area contributed by atoms with Gasteiger partial charge >= 0.3 is 0 Å². The molecule has 1 aromatic rings. The highest BCUT2D eigenvalue weighted by atomic mass is 16.5. The van der Waals surface area contributed by atoms with Gasteiger partial charge in [0, 0.05) is 51.3 Å². The molecule has 23 heavy (non-hydrogen) atoms. The molecule has 130 valence electrons. The zero-order valence-electron chi connectivity index (χ0n) is 14.6. The number of amides is 1. The number of rotatable bonds is 8. The van der Waals surface area contributed by atoms with Crippen LogP contribution in [-0.4, -0.2) is 59.5 Å². The fraction of sp³-hybridized carbons (Fsp3) is 0.765. The molecular formula is C17H30N4O2. The molecule has 0 radical (unpaired) electrons. The largest absolute Gasteiger partial charge is 0.382 e. The van der Waals surface area contributed by atoms with Crippen LogP contribution in [0.3, 0.4) is 0 Å². The van der Waals surface area contributed by atoms with Crippen LogP contribution in [0.4, 0.5) is 0 Å². The average Bonchev–Trinajstić information content (AvgIpc) is 3.07. The van der Waals surface area contributed by atoms with E-state index >= 15 is 0 Å². The summed E-state index contributed by atoms with van der Waals surface area (Å²) in [7, 11) is 0. The molecule has 0 saturated carbocycles. The number of hydrogen-bond donors (Lipinski definition) is 1. The minimum absolute atomic E-state index is 0.0512. The summed E-state index contributed by atoms with van der Waals surface area (Å²) in [5.41, 5.74) is 0. The van der Waals surface area contributed by atoms with E-state index in [0.29, 0.717) is 5.92 Å². The van der Waals surface area contributed by atoms with E-state index in [-0.39, 0.29) is 18.0 Å². The van der Waals surface area contributed by atoms with Crippen molar-refractivity contribution in [1.29, 1.82) is 0 Å². The molecule has 6 nitrogen and oxygen atoms in total. The van der Waals surface area contributed by atoms with Gasteiger partial charge in [-0.2, -0.15) is 5.10 Å². The Balaban J connectivity index is 1.74. The van der Waals surface area contributed by atoms with Crippen molar-refractivity contribution in [2.75, 3.05) is 32.8 Å². The highest BCUT2D eigenvalue weighted by molar-refractivity contribution is 5.80. The molecule has 2 rings (SSSR count). The quantitative estimate of drug-likeness (QED) is 0.740. The van der Waals surface area contributed by atoms with E-state index in [1.54, 1.807) is 10.9 Å². The number of aromatic nitrogens is 2. The maximum absolute atomic E-state index is 12.4. The van der Waals surface area contributed by atoms with Gasteiger partial charge in [-0.05, 0) is 38.7 Å². The molecule has 1 saturated heterocycles. The van der Waals surface area contributed by atoms with Gasteiger partial charge in [0.25, 0.3) is 0 Å². The molecule has 1 N–H and O–H groups in total. The Bertz CT molecular complexity index is 463. The number of carbonyl (C=O) groups excluding carboxylic acids is 1. The third-order valence-corrected chi connectivity index (χ3v) is 4.59. The van der Waals surface area contributed by atoms with Crippen molar-refractivity contribution in [1.82, 2.24) is 20.0 Å². The SMILES string of the molecule is CCOCCCN1CC[C@H](NC(=O)[C@@H](C)n2cccn2)[C@@H](C)C1. The standard InChI is InChI=1S/C17H30N4O2/c1-4-23-12-6-9-20-11-7-16(14(2)13-20)19-17(22)15(3)21-10-5-8-18-21/h5,8,10,14-16H,4,6-7,9,11-13H2,1-3H3,(H,19,22)/t14-,15+,16-/m0/s1. The Morgan fingerprint density at radius 1 is 1.52 bits per heavy atom. The number of ether oxygens (including phenoxy) is 1. The van der Waals surface area contributed by atoms with Crippen LogP contribution in [0.1, 0.15) is 39.7 Å². The first-order valence-corrected chi connectivity index (χ1v) is 8.71. The summed E-state index contributed by atoms with van der Waals surface area (Å²) in [6.07, 6.45) is 5.61. The molecule has 1 aliphatic rings. The van der Waals surface area contributed by atoms with E-state index in [9.17, 15) is 4.79 Å². The zero-order valence-corrected chi connectivity index (χ0v) is 14.6. The normalized spacial score (nSPS) is 23.6. The second-order valence-corrected chi connectivity index (χ2v) is 6.39. The molecule has 1 aromatic heterocycles. The first-order valence-electron chi connectivity index (χ1n) is 8.71. The minimum Gasteiger partial charge on any atom is -0.382 e. The maximum Gasteiger partial charge on any atom is 0.244 e. The highest BCUT2D eigenvalue weighted by Gasteiger charge is 2.28. The van der Waals surface area contributed by atoms with Crippen molar-refractivity contribution in [3.8, 4) is 0 Å². The maximum atomic E-state index is 12.4. The minimum atomic E-state index is -0.263. The average molecular weight is 322 g/mol. The van der Waals surface area contributed by atoms with Crippen LogP contribution >= 0.6 is 0 Å². The van der Waals surface area contributed by atoms with E-state index in [2.05, 4.69) is 22.2 Å². The van der Waals surface area contributed by atoms with E-state index in [1.165, 1.54) is 0 Å². The molecule has 2 heterocycles. The van der Waals surface area contributed by atoms with Crippen molar-refractivity contribution >= 4 is 5.91 Å². The number of piperidine rings is 1. The lowest BCUT2D eigenvalue weighted by Crippen LogP contribution is -2.51. The Labute approximate surface area is 139 Å². The number of carbonyl (C=O) groups is 1. The van der Waals surface area contributed by atoms with Gasteiger partial charge < -0.3 is 15.0 Å². The van der Waals surface area contributed by atoms with Gasteiger partial charge in [-0.3, -0.25) is 9.48 Å². The van der Waals surface area contributed by atoms with Crippen LogP contribution in [0, 0.1) is 5.92 Å². The van der Waals surface area contributed by atoms with E-state index in [1.807, 2.05) is 26.1 Å². The van der Waals surface area contributed by atoms with Crippen LogP contribution in [0.5, 0.6) is 0 Å². The fourth-order valence-electron chi connectivity index (χ4n) is 3.12. The van der Waals surface area contributed by atoms with Crippen molar-refractivity contribution < 1.29 is 9.53 Å². The molecule has 6 heteroatoms. The second kappa shape index (κ2) is 9.03. The predicted octanol–water partition coefficient (Wildman–Crippen LogP) is 1.70. The van der Waals surface area contributed by atoms with Gasteiger partial charge in [0.15, 0.2) is 0 Å². The Morgan fingerprint density at radius 2 is 2.35 bits per heavy atom. The number of hydrogen-bond acceptors (Lipinski definition) is 4. The summed E-state index contributed by atoms with van der Waals surface area (Å²) >= 11 is 0. The summed E-state index contributed by atoms with van der Waals surface area (Å²) in [5.74, 6) is 0.514. The first-order chi connectivity index (χ1) is 11.1. The first kappa shape index (κ1) is 17.9. The Hall–Kier alpha value is -1.40. The van der Waals surface area contributed by atoms with E-state index in [0.717, 1.165) is 45.7 Å².